The van der Waals surface area contributed by atoms with Gasteiger partial charge in [0.25, 0.3) is 5.91 Å². The molecule has 1 aliphatic heterocycles. The molecule has 0 radical (unpaired) electrons. The van der Waals surface area contributed by atoms with Crippen LogP contribution in [0.5, 0.6) is 5.75 Å². The minimum absolute atomic E-state index is 0.0850. The lowest BCUT2D eigenvalue weighted by atomic mass is 10.1. The Morgan fingerprint density at radius 2 is 1.97 bits per heavy atom. The van der Waals surface area contributed by atoms with Crippen LogP contribution in [-0.2, 0) is 17.8 Å². The third-order valence-corrected chi connectivity index (χ3v) is 6.02. The summed E-state index contributed by atoms with van der Waals surface area (Å²) in [5.41, 5.74) is 1.83. The normalized spacial score (nSPS) is 14.4. The van der Waals surface area contributed by atoms with Gasteiger partial charge in [-0.15, -0.1) is 11.3 Å². The summed E-state index contributed by atoms with van der Waals surface area (Å²) in [6.45, 7) is 2.83. The summed E-state index contributed by atoms with van der Waals surface area (Å²) < 4.78 is 32.7. The quantitative estimate of drug-likeness (QED) is 0.601. The second-order valence-corrected chi connectivity index (χ2v) is 7.93. The number of fused-ring (bicyclic) bond motifs is 1. The summed E-state index contributed by atoms with van der Waals surface area (Å²) in [5, 5.41) is 0.818. The molecule has 0 N–H and O–H groups in total. The number of benzene rings is 2. The molecule has 29 heavy (non-hydrogen) atoms. The fourth-order valence-electron chi connectivity index (χ4n) is 3.31. The average molecular weight is 414 g/mol. The second-order valence-electron chi connectivity index (χ2n) is 6.85. The van der Waals surface area contributed by atoms with Crippen LogP contribution in [0.2, 0.25) is 0 Å². The SMILES string of the molecule is CC[C@H](Oc1ccccc1F)C(=O)N1CCc2nc(-c3ccc(F)cc3)sc2C1. The monoisotopic (exact) mass is 414 g/mol. The summed E-state index contributed by atoms with van der Waals surface area (Å²) in [5.74, 6) is -0.835. The molecule has 1 aromatic heterocycles. The first-order valence-corrected chi connectivity index (χ1v) is 10.3. The van der Waals surface area contributed by atoms with Crippen molar-refractivity contribution in [3.8, 4) is 16.3 Å². The Balaban J connectivity index is 1.49. The first-order chi connectivity index (χ1) is 14.0. The lowest BCUT2D eigenvalue weighted by molar-refractivity contribution is -0.139. The molecule has 3 aromatic rings. The molecule has 1 atom stereocenters. The predicted molar refractivity (Wildman–Crippen MR) is 108 cm³/mol. The highest BCUT2D eigenvalue weighted by Crippen LogP contribution is 2.32. The standard InChI is InChI=1S/C22H20F2N2O2S/c1-2-18(28-19-6-4-3-5-16(19)24)22(27)26-12-11-17-20(13-26)29-21(25-17)14-7-9-15(23)10-8-14/h3-10,18H,2,11-13H2,1H3/t18-/m0/s1. The molecular formula is C22H20F2N2O2S. The van der Waals surface area contributed by atoms with E-state index < -0.39 is 11.9 Å². The van der Waals surface area contributed by atoms with Crippen molar-refractivity contribution in [1.29, 1.82) is 0 Å². The van der Waals surface area contributed by atoms with Gasteiger partial charge in [-0.05, 0) is 42.8 Å². The molecule has 4 rings (SSSR count). The third-order valence-electron chi connectivity index (χ3n) is 4.89. The summed E-state index contributed by atoms with van der Waals surface area (Å²) in [7, 11) is 0. The fourth-order valence-corrected chi connectivity index (χ4v) is 4.43. The topological polar surface area (TPSA) is 42.4 Å². The predicted octanol–water partition coefficient (Wildman–Crippen LogP) is 4.83. The number of para-hydroxylation sites is 1. The van der Waals surface area contributed by atoms with E-state index in [1.807, 2.05) is 6.92 Å². The van der Waals surface area contributed by atoms with E-state index in [9.17, 15) is 13.6 Å². The number of amides is 1. The van der Waals surface area contributed by atoms with Gasteiger partial charge in [0.2, 0.25) is 0 Å². The van der Waals surface area contributed by atoms with E-state index in [0.29, 0.717) is 25.9 Å². The maximum absolute atomic E-state index is 13.9. The first-order valence-electron chi connectivity index (χ1n) is 9.49. The molecule has 0 spiro atoms. The molecule has 2 heterocycles. The van der Waals surface area contributed by atoms with Gasteiger partial charge >= 0.3 is 0 Å². The third kappa shape index (κ3) is 4.15. The van der Waals surface area contributed by atoms with Gasteiger partial charge in [0.05, 0.1) is 12.2 Å². The summed E-state index contributed by atoms with van der Waals surface area (Å²) in [6, 6.07) is 12.3. The number of ether oxygens (including phenoxy) is 1. The van der Waals surface area contributed by atoms with Crippen LogP contribution in [0.1, 0.15) is 23.9 Å². The van der Waals surface area contributed by atoms with Gasteiger partial charge in [-0.25, -0.2) is 13.8 Å². The molecule has 0 bridgehead atoms. The van der Waals surface area contributed by atoms with Gasteiger partial charge in [-0.3, -0.25) is 4.79 Å². The number of carbonyl (C=O) groups excluding carboxylic acids is 1. The van der Waals surface area contributed by atoms with Gasteiger partial charge in [-0.2, -0.15) is 0 Å². The highest BCUT2D eigenvalue weighted by atomic mass is 32.1. The zero-order chi connectivity index (χ0) is 20.4. The number of thiazole rings is 1. The molecule has 0 saturated heterocycles. The maximum Gasteiger partial charge on any atom is 0.263 e. The van der Waals surface area contributed by atoms with Crippen LogP contribution in [0.25, 0.3) is 10.6 Å². The van der Waals surface area contributed by atoms with Crippen LogP contribution < -0.4 is 4.74 Å². The van der Waals surface area contributed by atoms with E-state index in [0.717, 1.165) is 21.1 Å². The number of rotatable bonds is 5. The Labute approximate surface area is 171 Å². The van der Waals surface area contributed by atoms with E-state index >= 15 is 0 Å². The molecule has 4 nitrogen and oxygen atoms in total. The molecule has 2 aromatic carbocycles. The number of hydrogen-bond donors (Lipinski definition) is 0. The van der Waals surface area contributed by atoms with Crippen molar-refractivity contribution in [3.05, 3.63) is 70.7 Å². The maximum atomic E-state index is 13.9. The van der Waals surface area contributed by atoms with Crippen molar-refractivity contribution < 1.29 is 18.3 Å². The van der Waals surface area contributed by atoms with Crippen LogP contribution in [0.15, 0.2) is 48.5 Å². The highest BCUT2D eigenvalue weighted by Gasteiger charge is 2.30. The molecule has 150 valence electrons. The van der Waals surface area contributed by atoms with Crippen LogP contribution in [0, 0.1) is 11.6 Å². The van der Waals surface area contributed by atoms with Gasteiger partial charge < -0.3 is 9.64 Å². The fraction of sp³-hybridized carbons (Fsp3) is 0.273. The Morgan fingerprint density at radius 3 is 2.69 bits per heavy atom. The van der Waals surface area contributed by atoms with Crippen LogP contribution in [0.3, 0.4) is 0 Å². The van der Waals surface area contributed by atoms with Crippen molar-refractivity contribution in [2.75, 3.05) is 6.54 Å². The van der Waals surface area contributed by atoms with E-state index in [1.165, 1.54) is 35.6 Å². The minimum Gasteiger partial charge on any atom is -0.478 e. The average Bonchev–Trinajstić information content (AvgIpc) is 3.16. The Kier molecular flexibility index (Phi) is 5.58. The van der Waals surface area contributed by atoms with E-state index in [1.54, 1.807) is 29.2 Å². The second kappa shape index (κ2) is 8.29. The molecule has 0 saturated carbocycles. The van der Waals surface area contributed by atoms with Crippen molar-refractivity contribution >= 4 is 17.2 Å². The zero-order valence-corrected chi connectivity index (χ0v) is 16.7. The van der Waals surface area contributed by atoms with E-state index in [2.05, 4.69) is 4.98 Å². The number of nitrogens with zero attached hydrogens (tertiary/aromatic N) is 2. The number of aromatic nitrogens is 1. The molecular weight excluding hydrogens is 394 g/mol. The zero-order valence-electron chi connectivity index (χ0n) is 15.9. The van der Waals surface area contributed by atoms with Crippen LogP contribution >= 0.6 is 11.3 Å². The van der Waals surface area contributed by atoms with Gasteiger partial charge in [0.15, 0.2) is 17.7 Å². The molecule has 1 amide bonds. The Bertz CT molecular complexity index is 1020. The first kappa shape index (κ1) is 19.5. The van der Waals surface area contributed by atoms with Gasteiger partial charge in [0.1, 0.15) is 10.8 Å². The highest BCUT2D eigenvalue weighted by molar-refractivity contribution is 7.15. The smallest absolute Gasteiger partial charge is 0.263 e. The van der Waals surface area contributed by atoms with Crippen molar-refractivity contribution in [1.82, 2.24) is 9.88 Å². The summed E-state index contributed by atoms with van der Waals surface area (Å²) >= 11 is 1.51. The summed E-state index contributed by atoms with van der Waals surface area (Å²) in [6.07, 6.45) is 0.354. The van der Waals surface area contributed by atoms with E-state index in [4.69, 9.17) is 4.74 Å². The molecule has 0 fully saturated rings. The van der Waals surface area contributed by atoms with Crippen molar-refractivity contribution in [2.24, 2.45) is 0 Å². The number of carbonyl (C=O) groups is 1. The molecule has 1 aliphatic rings. The molecule has 7 heteroatoms. The summed E-state index contributed by atoms with van der Waals surface area (Å²) in [4.78, 5) is 20.4. The van der Waals surface area contributed by atoms with Crippen molar-refractivity contribution in [2.45, 2.75) is 32.4 Å². The lowest BCUT2D eigenvalue weighted by Crippen LogP contribution is -2.44. The lowest BCUT2D eigenvalue weighted by Gasteiger charge is -2.29. The number of halogens is 2. The van der Waals surface area contributed by atoms with Crippen molar-refractivity contribution in [3.63, 3.8) is 0 Å². The van der Waals surface area contributed by atoms with Crippen LogP contribution in [0.4, 0.5) is 8.78 Å². The Morgan fingerprint density at radius 1 is 1.21 bits per heavy atom. The van der Waals surface area contributed by atoms with Crippen LogP contribution in [-0.4, -0.2) is 28.4 Å². The minimum atomic E-state index is -0.738. The Hall–Kier alpha value is -2.80. The van der Waals surface area contributed by atoms with Gasteiger partial charge in [0, 0.05) is 23.4 Å². The molecule has 0 unspecified atom stereocenters. The molecule has 0 aliphatic carbocycles. The largest absolute Gasteiger partial charge is 0.478 e. The van der Waals surface area contributed by atoms with Gasteiger partial charge in [-0.1, -0.05) is 19.1 Å². The number of hydrogen-bond acceptors (Lipinski definition) is 4. The van der Waals surface area contributed by atoms with E-state index in [-0.39, 0.29) is 17.5 Å².